The zero-order chi connectivity index (χ0) is 8.27. The maximum atomic E-state index is 5.64. The van der Waals surface area contributed by atoms with Crippen LogP contribution in [0.1, 0.15) is 18.1 Å². The molecule has 0 amide bonds. The van der Waals surface area contributed by atoms with Crippen LogP contribution >= 0.6 is 15.9 Å². The summed E-state index contributed by atoms with van der Waals surface area (Å²) in [6, 6.07) is 6.05. The minimum Gasteiger partial charge on any atom is -0.399 e. The van der Waals surface area contributed by atoms with Crippen molar-refractivity contribution in [2.45, 2.75) is 18.7 Å². The van der Waals surface area contributed by atoms with E-state index < -0.39 is 0 Å². The molecule has 1 rings (SSSR count). The minimum atomic E-state index is 0.853. The zero-order valence-electron chi connectivity index (χ0n) is 6.60. The lowest BCUT2D eigenvalue weighted by molar-refractivity contribution is 1.11. The molecule has 0 aliphatic heterocycles. The normalized spacial score (nSPS) is 10.0. The highest BCUT2D eigenvalue weighted by atomic mass is 79.9. The van der Waals surface area contributed by atoms with Gasteiger partial charge in [0.1, 0.15) is 0 Å². The lowest BCUT2D eigenvalue weighted by atomic mass is 10.1. The van der Waals surface area contributed by atoms with Crippen LogP contribution in [-0.4, -0.2) is 0 Å². The van der Waals surface area contributed by atoms with Gasteiger partial charge in [0.05, 0.1) is 0 Å². The quantitative estimate of drug-likeness (QED) is 0.594. The second kappa shape index (κ2) is 3.77. The fraction of sp³-hybridized carbons (Fsp3) is 0.333. The molecule has 0 atom stereocenters. The van der Waals surface area contributed by atoms with Crippen LogP contribution in [0.4, 0.5) is 5.69 Å². The minimum absolute atomic E-state index is 0.853. The number of nitrogens with two attached hydrogens (primary N) is 1. The topological polar surface area (TPSA) is 26.0 Å². The number of halogens is 1. The van der Waals surface area contributed by atoms with Crippen molar-refractivity contribution < 1.29 is 0 Å². The van der Waals surface area contributed by atoms with Crippen LogP contribution < -0.4 is 5.73 Å². The van der Waals surface area contributed by atoms with Crippen molar-refractivity contribution >= 4 is 21.6 Å². The van der Waals surface area contributed by atoms with E-state index >= 15 is 0 Å². The van der Waals surface area contributed by atoms with Crippen molar-refractivity contribution in [3.8, 4) is 0 Å². The molecule has 60 valence electrons. The summed E-state index contributed by atoms with van der Waals surface area (Å²) >= 11 is 3.43. The van der Waals surface area contributed by atoms with Gasteiger partial charge in [-0.2, -0.15) is 0 Å². The van der Waals surface area contributed by atoms with Crippen molar-refractivity contribution in [2.24, 2.45) is 0 Å². The number of aryl methyl sites for hydroxylation is 1. The molecule has 11 heavy (non-hydrogen) atoms. The van der Waals surface area contributed by atoms with Gasteiger partial charge in [-0.3, -0.25) is 0 Å². The van der Waals surface area contributed by atoms with Crippen LogP contribution in [0.3, 0.4) is 0 Å². The molecule has 1 nitrogen and oxygen atoms in total. The van der Waals surface area contributed by atoms with Gasteiger partial charge < -0.3 is 5.73 Å². The molecule has 0 saturated carbocycles. The number of anilines is 1. The summed E-state index contributed by atoms with van der Waals surface area (Å²) in [4.78, 5) is 0. The first-order valence-corrected chi connectivity index (χ1v) is 4.83. The fourth-order valence-electron chi connectivity index (χ4n) is 1.11. The van der Waals surface area contributed by atoms with Crippen molar-refractivity contribution in [1.82, 2.24) is 0 Å². The van der Waals surface area contributed by atoms with Crippen LogP contribution in [0.25, 0.3) is 0 Å². The number of nitrogen functional groups attached to an aromatic ring is 1. The van der Waals surface area contributed by atoms with Gasteiger partial charge in [-0.15, -0.1) is 0 Å². The molecule has 2 N–H and O–H groups in total. The highest BCUT2D eigenvalue weighted by Gasteiger charge is 1.98. The van der Waals surface area contributed by atoms with Crippen molar-refractivity contribution in [2.75, 3.05) is 5.73 Å². The van der Waals surface area contributed by atoms with Gasteiger partial charge >= 0.3 is 0 Å². The summed E-state index contributed by atoms with van der Waals surface area (Å²) in [7, 11) is 0. The Hall–Kier alpha value is -0.500. The molecule has 1 aromatic rings. The molecule has 1 aromatic carbocycles. The average Bonchev–Trinajstić information content (AvgIpc) is 2.04. The monoisotopic (exact) mass is 213 g/mol. The molecule has 0 unspecified atom stereocenters. The highest BCUT2D eigenvalue weighted by Crippen LogP contribution is 2.16. The Balaban J connectivity index is 3.06. The van der Waals surface area contributed by atoms with E-state index in [0.29, 0.717) is 0 Å². The Morgan fingerprint density at radius 2 is 2.09 bits per heavy atom. The summed E-state index contributed by atoms with van der Waals surface area (Å²) < 4.78 is 0. The molecule has 0 saturated heterocycles. The third-order valence-electron chi connectivity index (χ3n) is 1.76. The number of benzene rings is 1. The molecule has 0 aliphatic rings. The van der Waals surface area contributed by atoms with Crippen molar-refractivity contribution in [3.63, 3.8) is 0 Å². The average molecular weight is 214 g/mol. The van der Waals surface area contributed by atoms with Crippen molar-refractivity contribution in [1.29, 1.82) is 0 Å². The Kier molecular flexibility index (Phi) is 2.94. The van der Waals surface area contributed by atoms with Crippen LogP contribution in [0.15, 0.2) is 18.2 Å². The van der Waals surface area contributed by atoms with Gasteiger partial charge in [-0.05, 0) is 29.7 Å². The third-order valence-corrected chi connectivity index (χ3v) is 2.36. The van der Waals surface area contributed by atoms with Gasteiger partial charge in [-0.25, -0.2) is 0 Å². The van der Waals surface area contributed by atoms with E-state index in [1.165, 1.54) is 11.1 Å². The molecule has 0 bridgehead atoms. The van der Waals surface area contributed by atoms with Gasteiger partial charge in [0.15, 0.2) is 0 Å². The first-order valence-electron chi connectivity index (χ1n) is 3.71. The Morgan fingerprint density at radius 1 is 1.36 bits per heavy atom. The Morgan fingerprint density at radius 3 is 2.64 bits per heavy atom. The molecule has 0 heterocycles. The molecule has 0 aliphatic carbocycles. The summed E-state index contributed by atoms with van der Waals surface area (Å²) in [5.74, 6) is 0. The Labute approximate surface area is 75.7 Å². The van der Waals surface area contributed by atoms with Crippen LogP contribution in [0, 0.1) is 0 Å². The number of rotatable bonds is 2. The summed E-state index contributed by atoms with van der Waals surface area (Å²) in [6.45, 7) is 2.14. The van der Waals surface area contributed by atoms with Crippen LogP contribution in [0.5, 0.6) is 0 Å². The molecule has 0 spiro atoms. The predicted octanol–water partition coefficient (Wildman–Crippen LogP) is 2.73. The Bertz CT molecular complexity index is 245. The standard InChI is InChI=1S/C9H12BrN/c1-2-7-5-9(11)4-3-8(7)6-10/h3-5H,2,6,11H2,1H3. The molecule has 0 radical (unpaired) electrons. The predicted molar refractivity (Wildman–Crippen MR) is 52.9 cm³/mol. The van der Waals surface area contributed by atoms with Crippen LogP contribution in [0.2, 0.25) is 0 Å². The van der Waals surface area contributed by atoms with Gasteiger partial charge in [0.25, 0.3) is 0 Å². The summed E-state index contributed by atoms with van der Waals surface area (Å²) in [5, 5.41) is 0.913. The van der Waals surface area contributed by atoms with Crippen LogP contribution in [-0.2, 0) is 11.8 Å². The molecule has 2 heteroatoms. The van der Waals surface area contributed by atoms with Gasteiger partial charge in [0.2, 0.25) is 0 Å². The zero-order valence-corrected chi connectivity index (χ0v) is 8.19. The van der Waals surface area contributed by atoms with E-state index in [-0.39, 0.29) is 0 Å². The smallest absolute Gasteiger partial charge is 0.0316 e. The highest BCUT2D eigenvalue weighted by molar-refractivity contribution is 9.08. The maximum Gasteiger partial charge on any atom is 0.0316 e. The maximum absolute atomic E-state index is 5.64. The number of alkyl halides is 1. The summed E-state index contributed by atoms with van der Waals surface area (Å²) in [5.41, 5.74) is 9.17. The van der Waals surface area contributed by atoms with E-state index in [2.05, 4.69) is 28.9 Å². The largest absolute Gasteiger partial charge is 0.399 e. The number of hydrogen-bond acceptors (Lipinski definition) is 1. The second-order valence-corrected chi connectivity index (χ2v) is 3.08. The molecular formula is C9H12BrN. The van der Waals surface area contributed by atoms with Gasteiger partial charge in [0, 0.05) is 11.0 Å². The van der Waals surface area contributed by atoms with E-state index in [1.807, 2.05) is 12.1 Å². The third kappa shape index (κ3) is 1.96. The molecular weight excluding hydrogens is 202 g/mol. The van der Waals surface area contributed by atoms with Gasteiger partial charge in [-0.1, -0.05) is 28.9 Å². The lowest BCUT2D eigenvalue weighted by Gasteiger charge is -2.04. The molecule has 0 aromatic heterocycles. The van der Waals surface area contributed by atoms with E-state index in [9.17, 15) is 0 Å². The summed E-state index contributed by atoms with van der Waals surface area (Å²) in [6.07, 6.45) is 1.05. The van der Waals surface area contributed by atoms with Crippen molar-refractivity contribution in [3.05, 3.63) is 29.3 Å². The van der Waals surface area contributed by atoms with E-state index in [4.69, 9.17) is 5.73 Å². The van der Waals surface area contributed by atoms with E-state index in [0.717, 1.165) is 17.4 Å². The molecule has 0 fully saturated rings. The first-order chi connectivity index (χ1) is 5.27. The van der Waals surface area contributed by atoms with E-state index in [1.54, 1.807) is 0 Å². The second-order valence-electron chi connectivity index (χ2n) is 2.52. The number of hydrogen-bond donors (Lipinski definition) is 1. The lowest BCUT2D eigenvalue weighted by Crippen LogP contribution is -1.92. The first kappa shape index (κ1) is 8.60. The fourth-order valence-corrected chi connectivity index (χ4v) is 1.65. The SMILES string of the molecule is CCc1cc(N)ccc1CBr.